The standard InChI is InChI=1S/C18H28N2O2.ClH/c1-4-13(2)16-7-5-6-8-17(16)22-12-18(21)20-11-15(10-19)9-14(20)3;/h5-8,13-15H,4,9-12,19H2,1-3H3;1H. The monoisotopic (exact) mass is 340 g/mol. The van der Waals surface area contributed by atoms with Gasteiger partial charge in [-0.3, -0.25) is 4.79 Å². The van der Waals surface area contributed by atoms with E-state index in [1.807, 2.05) is 23.1 Å². The molecule has 130 valence electrons. The number of para-hydroxylation sites is 1. The van der Waals surface area contributed by atoms with Gasteiger partial charge in [-0.25, -0.2) is 0 Å². The smallest absolute Gasteiger partial charge is 0.260 e. The summed E-state index contributed by atoms with van der Waals surface area (Å²) in [5.74, 6) is 1.74. The molecule has 1 fully saturated rings. The zero-order chi connectivity index (χ0) is 16.1. The Hall–Kier alpha value is -1.26. The van der Waals surface area contributed by atoms with Gasteiger partial charge in [-0.2, -0.15) is 0 Å². The van der Waals surface area contributed by atoms with Crippen molar-refractivity contribution >= 4 is 18.3 Å². The lowest BCUT2D eigenvalue weighted by Gasteiger charge is -2.22. The Kier molecular flexibility index (Phi) is 7.86. The average Bonchev–Trinajstić information content (AvgIpc) is 2.93. The molecular weight excluding hydrogens is 312 g/mol. The van der Waals surface area contributed by atoms with Crippen LogP contribution in [0.4, 0.5) is 0 Å². The highest BCUT2D eigenvalue weighted by Gasteiger charge is 2.31. The van der Waals surface area contributed by atoms with Crippen LogP contribution in [0.15, 0.2) is 24.3 Å². The first kappa shape index (κ1) is 19.8. The molecule has 1 aliphatic heterocycles. The summed E-state index contributed by atoms with van der Waals surface area (Å²) in [5.41, 5.74) is 6.90. The van der Waals surface area contributed by atoms with Gasteiger partial charge in [0.15, 0.2) is 6.61 Å². The summed E-state index contributed by atoms with van der Waals surface area (Å²) >= 11 is 0. The maximum Gasteiger partial charge on any atom is 0.260 e. The fourth-order valence-electron chi connectivity index (χ4n) is 3.12. The van der Waals surface area contributed by atoms with Crippen molar-refractivity contribution in [2.75, 3.05) is 19.7 Å². The van der Waals surface area contributed by atoms with Crippen LogP contribution in [0.1, 0.15) is 45.1 Å². The highest BCUT2D eigenvalue weighted by Crippen LogP contribution is 2.29. The summed E-state index contributed by atoms with van der Waals surface area (Å²) in [6, 6.07) is 8.26. The van der Waals surface area contributed by atoms with Crippen LogP contribution in [-0.4, -0.2) is 36.5 Å². The second-order valence-electron chi connectivity index (χ2n) is 6.37. The van der Waals surface area contributed by atoms with Crippen LogP contribution in [0.25, 0.3) is 0 Å². The lowest BCUT2D eigenvalue weighted by molar-refractivity contribution is -0.134. The maximum absolute atomic E-state index is 12.4. The third kappa shape index (κ3) is 4.85. The number of nitrogens with zero attached hydrogens (tertiary/aromatic N) is 1. The molecule has 0 aromatic heterocycles. The van der Waals surface area contributed by atoms with Gasteiger partial charge in [0.25, 0.3) is 5.91 Å². The highest BCUT2D eigenvalue weighted by molar-refractivity contribution is 5.85. The van der Waals surface area contributed by atoms with Gasteiger partial charge in [0, 0.05) is 12.6 Å². The van der Waals surface area contributed by atoms with Crippen LogP contribution in [0.3, 0.4) is 0 Å². The molecule has 0 saturated carbocycles. The number of likely N-dealkylation sites (tertiary alicyclic amines) is 1. The van der Waals surface area contributed by atoms with Crippen molar-refractivity contribution in [1.29, 1.82) is 0 Å². The first-order valence-electron chi connectivity index (χ1n) is 8.28. The third-order valence-electron chi connectivity index (χ3n) is 4.73. The Morgan fingerprint density at radius 1 is 1.43 bits per heavy atom. The fourth-order valence-corrected chi connectivity index (χ4v) is 3.12. The van der Waals surface area contributed by atoms with E-state index in [0.717, 1.165) is 25.1 Å². The molecule has 1 aromatic carbocycles. The van der Waals surface area contributed by atoms with E-state index in [1.165, 1.54) is 5.56 Å². The molecule has 0 bridgehead atoms. The van der Waals surface area contributed by atoms with E-state index in [9.17, 15) is 4.79 Å². The zero-order valence-corrected chi connectivity index (χ0v) is 15.1. The van der Waals surface area contributed by atoms with Gasteiger partial charge in [0.1, 0.15) is 5.75 Å². The number of nitrogens with two attached hydrogens (primary N) is 1. The third-order valence-corrected chi connectivity index (χ3v) is 4.73. The molecule has 1 aromatic rings. The van der Waals surface area contributed by atoms with Crippen molar-refractivity contribution in [3.63, 3.8) is 0 Å². The normalized spacial score (nSPS) is 21.7. The first-order valence-corrected chi connectivity index (χ1v) is 8.28. The Bertz CT molecular complexity index is 510. The highest BCUT2D eigenvalue weighted by atomic mass is 35.5. The molecule has 23 heavy (non-hydrogen) atoms. The summed E-state index contributed by atoms with van der Waals surface area (Å²) in [6.45, 7) is 7.93. The molecular formula is C18H29ClN2O2. The molecule has 2 N–H and O–H groups in total. The number of ether oxygens (including phenoxy) is 1. The Balaban J connectivity index is 0.00000264. The predicted octanol–water partition coefficient (Wildman–Crippen LogP) is 3.20. The van der Waals surface area contributed by atoms with Crippen molar-refractivity contribution < 1.29 is 9.53 Å². The summed E-state index contributed by atoms with van der Waals surface area (Å²) in [5, 5.41) is 0. The molecule has 1 aliphatic rings. The van der Waals surface area contributed by atoms with Crippen molar-refractivity contribution in [2.45, 2.75) is 45.6 Å². The summed E-state index contributed by atoms with van der Waals surface area (Å²) in [7, 11) is 0. The van der Waals surface area contributed by atoms with Crippen LogP contribution in [0, 0.1) is 5.92 Å². The minimum atomic E-state index is 0. The minimum absolute atomic E-state index is 0. The van der Waals surface area contributed by atoms with Crippen molar-refractivity contribution in [3.8, 4) is 5.75 Å². The predicted molar refractivity (Wildman–Crippen MR) is 96.2 cm³/mol. The number of hydrogen-bond acceptors (Lipinski definition) is 3. The SMILES string of the molecule is CCC(C)c1ccccc1OCC(=O)N1CC(CN)CC1C.Cl. The van der Waals surface area contributed by atoms with Gasteiger partial charge in [-0.1, -0.05) is 32.0 Å². The fraction of sp³-hybridized carbons (Fsp3) is 0.611. The number of benzene rings is 1. The van der Waals surface area contributed by atoms with E-state index in [2.05, 4.69) is 26.8 Å². The van der Waals surface area contributed by atoms with Gasteiger partial charge < -0.3 is 15.4 Å². The van der Waals surface area contributed by atoms with E-state index >= 15 is 0 Å². The van der Waals surface area contributed by atoms with E-state index in [4.69, 9.17) is 10.5 Å². The molecule has 2 rings (SSSR count). The van der Waals surface area contributed by atoms with Gasteiger partial charge in [-0.15, -0.1) is 12.4 Å². The van der Waals surface area contributed by atoms with Crippen LogP contribution in [-0.2, 0) is 4.79 Å². The van der Waals surface area contributed by atoms with E-state index < -0.39 is 0 Å². The molecule has 5 heteroatoms. The quantitative estimate of drug-likeness (QED) is 0.865. The second-order valence-corrected chi connectivity index (χ2v) is 6.37. The largest absolute Gasteiger partial charge is 0.483 e. The molecule has 3 atom stereocenters. The summed E-state index contributed by atoms with van der Waals surface area (Å²) < 4.78 is 5.83. The van der Waals surface area contributed by atoms with E-state index in [1.54, 1.807) is 0 Å². The van der Waals surface area contributed by atoms with Gasteiger partial charge in [0.05, 0.1) is 0 Å². The number of amides is 1. The van der Waals surface area contributed by atoms with Crippen molar-refractivity contribution in [1.82, 2.24) is 4.90 Å². The second kappa shape index (κ2) is 9.14. The van der Waals surface area contributed by atoms with Gasteiger partial charge >= 0.3 is 0 Å². The van der Waals surface area contributed by atoms with Crippen LogP contribution >= 0.6 is 12.4 Å². The Labute approximate surface area is 145 Å². The first-order chi connectivity index (χ1) is 10.6. The minimum Gasteiger partial charge on any atom is -0.483 e. The molecule has 0 spiro atoms. The number of hydrogen-bond donors (Lipinski definition) is 1. The lowest BCUT2D eigenvalue weighted by atomic mass is 9.98. The van der Waals surface area contributed by atoms with E-state index in [-0.39, 0.29) is 31.0 Å². The molecule has 0 aliphatic carbocycles. The molecule has 3 unspecified atom stereocenters. The lowest BCUT2D eigenvalue weighted by Crippen LogP contribution is -2.37. The van der Waals surface area contributed by atoms with Crippen LogP contribution in [0.2, 0.25) is 0 Å². The number of rotatable bonds is 6. The molecule has 4 nitrogen and oxygen atoms in total. The number of carbonyl (C=O) groups excluding carboxylic acids is 1. The molecule has 1 saturated heterocycles. The van der Waals surface area contributed by atoms with Crippen molar-refractivity contribution in [2.24, 2.45) is 11.7 Å². The zero-order valence-electron chi connectivity index (χ0n) is 14.3. The number of carbonyl (C=O) groups is 1. The van der Waals surface area contributed by atoms with Gasteiger partial charge in [-0.05, 0) is 49.8 Å². The van der Waals surface area contributed by atoms with E-state index in [0.29, 0.717) is 18.4 Å². The average molecular weight is 341 g/mol. The topological polar surface area (TPSA) is 55.6 Å². The summed E-state index contributed by atoms with van der Waals surface area (Å²) in [4.78, 5) is 14.3. The van der Waals surface area contributed by atoms with Crippen LogP contribution in [0.5, 0.6) is 5.75 Å². The molecule has 1 amide bonds. The van der Waals surface area contributed by atoms with Crippen LogP contribution < -0.4 is 10.5 Å². The molecule has 0 radical (unpaired) electrons. The Morgan fingerprint density at radius 2 is 2.13 bits per heavy atom. The summed E-state index contributed by atoms with van der Waals surface area (Å²) in [6.07, 6.45) is 2.04. The number of halogens is 1. The van der Waals surface area contributed by atoms with Crippen molar-refractivity contribution in [3.05, 3.63) is 29.8 Å². The molecule has 1 heterocycles. The van der Waals surface area contributed by atoms with Gasteiger partial charge in [0.2, 0.25) is 0 Å². The Morgan fingerprint density at radius 3 is 2.74 bits per heavy atom. The maximum atomic E-state index is 12.4.